The Bertz CT molecular complexity index is 905. The monoisotopic (exact) mass is 460 g/mol. The topological polar surface area (TPSA) is 120 Å². The van der Waals surface area contributed by atoms with Gasteiger partial charge in [-0.05, 0) is 19.1 Å². The number of nitrogens with zero attached hydrogens (tertiary/aromatic N) is 2. The van der Waals surface area contributed by atoms with Gasteiger partial charge in [0.1, 0.15) is 17.2 Å². The van der Waals surface area contributed by atoms with E-state index in [-0.39, 0.29) is 23.7 Å². The largest absolute Gasteiger partial charge is 0.454 e. The first-order valence-electron chi connectivity index (χ1n) is 9.65. The molecule has 2 rings (SSSR count). The Hall–Kier alpha value is -2.99. The lowest BCUT2D eigenvalue weighted by atomic mass is 10.1. The highest BCUT2D eigenvalue weighted by molar-refractivity contribution is 6.19. The predicted octanol–water partition coefficient (Wildman–Crippen LogP) is 1.49. The molecule has 1 saturated heterocycles. The molecule has 1 fully saturated rings. The summed E-state index contributed by atoms with van der Waals surface area (Å²) >= 11 is 0. The van der Waals surface area contributed by atoms with E-state index in [1.807, 2.05) is 0 Å². The summed E-state index contributed by atoms with van der Waals surface area (Å²) in [5.41, 5.74) is 8.78. The van der Waals surface area contributed by atoms with Crippen LogP contribution in [0.3, 0.4) is 0 Å². The van der Waals surface area contributed by atoms with Gasteiger partial charge in [-0.1, -0.05) is 6.07 Å². The number of hydrogen-bond donors (Lipinski definition) is 2. The number of rotatable bonds is 8. The molecule has 1 aliphatic heterocycles. The van der Waals surface area contributed by atoms with Gasteiger partial charge in [0.05, 0.1) is 30.9 Å². The number of alkyl halides is 3. The third-order valence-corrected chi connectivity index (χ3v) is 4.60. The van der Waals surface area contributed by atoms with Gasteiger partial charge in [0.2, 0.25) is 5.78 Å². The first-order valence-corrected chi connectivity index (χ1v) is 9.65. The van der Waals surface area contributed by atoms with Gasteiger partial charge < -0.3 is 20.9 Å². The maximum Gasteiger partial charge on any atom is 0.419 e. The number of esters is 1. The fourth-order valence-corrected chi connectivity index (χ4v) is 2.93. The van der Waals surface area contributed by atoms with Crippen LogP contribution in [0.4, 0.5) is 17.6 Å². The van der Waals surface area contributed by atoms with Gasteiger partial charge in [0.15, 0.2) is 6.61 Å². The van der Waals surface area contributed by atoms with Crippen LogP contribution in [0.2, 0.25) is 0 Å². The van der Waals surface area contributed by atoms with Crippen LogP contribution in [0, 0.1) is 5.82 Å². The maximum atomic E-state index is 14.1. The highest BCUT2D eigenvalue weighted by Gasteiger charge is 2.35. The molecule has 12 heteroatoms. The molecular formula is C20H24F4N4O4. The van der Waals surface area contributed by atoms with Crippen LogP contribution in [0.15, 0.2) is 34.5 Å². The van der Waals surface area contributed by atoms with Gasteiger partial charge in [-0.15, -0.1) is 0 Å². The van der Waals surface area contributed by atoms with Gasteiger partial charge >= 0.3 is 12.1 Å². The molecule has 0 aromatic heterocycles. The summed E-state index contributed by atoms with van der Waals surface area (Å²) < 4.78 is 62.6. The Labute approximate surface area is 181 Å². The smallest absolute Gasteiger partial charge is 0.419 e. The standard InChI is InChI=1S/C20H24F4N4O4/c1-12(25)16(18(26)27-5-6-28-7-9-31-10-8-28)19(30)32-11-15(29)13-3-2-4-14(17(13)21)20(22,23)24/h2-4H,5-11,25H2,1H3,(H2,26,27)/b16-12+. The van der Waals surface area contributed by atoms with Gasteiger partial charge in [-0.2, -0.15) is 13.2 Å². The number of ether oxygens (including phenoxy) is 2. The zero-order valence-corrected chi connectivity index (χ0v) is 17.4. The molecule has 0 radical (unpaired) electrons. The molecule has 0 bridgehead atoms. The molecule has 0 atom stereocenters. The normalized spacial score (nSPS) is 16.5. The zero-order valence-electron chi connectivity index (χ0n) is 17.4. The minimum atomic E-state index is -4.98. The number of hydrogen-bond acceptors (Lipinski definition) is 7. The predicted molar refractivity (Wildman–Crippen MR) is 107 cm³/mol. The number of allylic oxidation sites excluding steroid dienone is 1. The number of aliphatic imine (C=N–C) groups is 1. The summed E-state index contributed by atoms with van der Waals surface area (Å²) in [6.45, 7) is 3.91. The molecule has 32 heavy (non-hydrogen) atoms. The van der Waals surface area contributed by atoms with E-state index in [2.05, 4.69) is 9.89 Å². The molecule has 0 unspecified atom stereocenters. The molecular weight excluding hydrogens is 436 g/mol. The lowest BCUT2D eigenvalue weighted by Gasteiger charge is -2.25. The number of amidine groups is 1. The van der Waals surface area contributed by atoms with Crippen molar-refractivity contribution in [2.75, 3.05) is 46.0 Å². The number of Topliss-reactive ketones (excluding diaryl/α,β-unsaturated/α-hetero) is 1. The molecule has 0 aliphatic carbocycles. The molecule has 1 aromatic carbocycles. The summed E-state index contributed by atoms with van der Waals surface area (Å²) in [5.74, 6) is -4.20. The first-order chi connectivity index (χ1) is 15.0. The van der Waals surface area contributed by atoms with E-state index in [9.17, 15) is 27.2 Å². The number of morpholine rings is 1. The second-order valence-electron chi connectivity index (χ2n) is 6.94. The van der Waals surface area contributed by atoms with Gasteiger partial charge in [0.25, 0.3) is 0 Å². The Balaban J connectivity index is 2.02. The lowest BCUT2D eigenvalue weighted by molar-refractivity contribution is -0.140. The number of ketones is 1. The van der Waals surface area contributed by atoms with E-state index in [0.717, 1.165) is 25.2 Å². The maximum absolute atomic E-state index is 14.1. The molecule has 1 aliphatic rings. The second-order valence-corrected chi connectivity index (χ2v) is 6.94. The average molecular weight is 460 g/mol. The minimum Gasteiger partial charge on any atom is -0.454 e. The van der Waals surface area contributed by atoms with Crippen molar-refractivity contribution in [1.82, 2.24) is 4.90 Å². The van der Waals surface area contributed by atoms with Crippen molar-refractivity contribution in [2.24, 2.45) is 16.5 Å². The molecule has 8 nitrogen and oxygen atoms in total. The lowest BCUT2D eigenvalue weighted by Crippen LogP contribution is -2.38. The van der Waals surface area contributed by atoms with Crippen molar-refractivity contribution in [3.05, 3.63) is 46.4 Å². The molecule has 0 saturated carbocycles. The molecule has 176 valence electrons. The van der Waals surface area contributed by atoms with Crippen LogP contribution in [0.1, 0.15) is 22.8 Å². The molecule has 4 N–H and O–H groups in total. The van der Waals surface area contributed by atoms with Crippen LogP contribution in [0.25, 0.3) is 0 Å². The van der Waals surface area contributed by atoms with Crippen LogP contribution in [-0.4, -0.2) is 68.5 Å². The Morgan fingerprint density at radius 2 is 1.88 bits per heavy atom. The van der Waals surface area contributed by atoms with Crippen molar-refractivity contribution >= 4 is 17.6 Å². The third kappa shape index (κ3) is 6.76. The second kappa shape index (κ2) is 11.0. The molecule has 0 spiro atoms. The van der Waals surface area contributed by atoms with Crippen molar-refractivity contribution in [1.29, 1.82) is 0 Å². The highest BCUT2D eigenvalue weighted by Crippen LogP contribution is 2.32. The van der Waals surface area contributed by atoms with Crippen LogP contribution < -0.4 is 11.5 Å². The van der Waals surface area contributed by atoms with Crippen LogP contribution >= 0.6 is 0 Å². The third-order valence-electron chi connectivity index (χ3n) is 4.60. The van der Waals surface area contributed by atoms with Crippen molar-refractivity contribution in [3.8, 4) is 0 Å². The van der Waals surface area contributed by atoms with Crippen molar-refractivity contribution in [3.63, 3.8) is 0 Å². The average Bonchev–Trinajstić information content (AvgIpc) is 2.72. The number of halogens is 4. The number of nitrogens with two attached hydrogens (primary N) is 2. The summed E-state index contributed by atoms with van der Waals surface area (Å²) in [6.07, 6.45) is -4.98. The van der Waals surface area contributed by atoms with E-state index in [1.54, 1.807) is 0 Å². The highest BCUT2D eigenvalue weighted by atomic mass is 19.4. The SMILES string of the molecule is C/C(N)=C(\C(=O)OCC(=O)c1cccc(C(F)(F)F)c1F)C(N)=NCCN1CCOCC1. The summed E-state index contributed by atoms with van der Waals surface area (Å²) in [6, 6.07) is 2.26. The Morgan fingerprint density at radius 3 is 2.47 bits per heavy atom. The van der Waals surface area contributed by atoms with Gasteiger partial charge in [0, 0.05) is 25.3 Å². The van der Waals surface area contributed by atoms with Crippen molar-refractivity contribution < 1.29 is 36.6 Å². The Kier molecular flexibility index (Phi) is 8.72. The van der Waals surface area contributed by atoms with Crippen LogP contribution in [-0.2, 0) is 20.4 Å². The van der Waals surface area contributed by atoms with Gasteiger partial charge in [-0.3, -0.25) is 14.7 Å². The Morgan fingerprint density at radius 1 is 1.22 bits per heavy atom. The fraction of sp³-hybridized carbons (Fsp3) is 0.450. The zero-order chi connectivity index (χ0) is 23.9. The van der Waals surface area contributed by atoms with Gasteiger partial charge in [-0.25, -0.2) is 9.18 Å². The quantitative estimate of drug-likeness (QED) is 0.151. The fourth-order valence-electron chi connectivity index (χ4n) is 2.93. The summed E-state index contributed by atoms with van der Waals surface area (Å²) in [4.78, 5) is 30.7. The number of carbonyl (C=O) groups is 2. The number of carbonyl (C=O) groups excluding carboxylic acids is 2. The molecule has 1 aromatic rings. The number of benzene rings is 1. The van der Waals surface area contributed by atoms with E-state index >= 15 is 0 Å². The van der Waals surface area contributed by atoms with E-state index in [4.69, 9.17) is 20.9 Å². The van der Waals surface area contributed by atoms with Crippen molar-refractivity contribution in [2.45, 2.75) is 13.1 Å². The van der Waals surface area contributed by atoms with E-state index in [1.165, 1.54) is 6.92 Å². The summed E-state index contributed by atoms with van der Waals surface area (Å²) in [5, 5.41) is 0. The van der Waals surface area contributed by atoms with Crippen LogP contribution in [0.5, 0.6) is 0 Å². The van der Waals surface area contributed by atoms with E-state index < -0.39 is 41.5 Å². The molecule has 0 amide bonds. The summed E-state index contributed by atoms with van der Waals surface area (Å²) in [7, 11) is 0. The first kappa shape index (κ1) is 25.3. The van der Waals surface area contributed by atoms with E-state index in [0.29, 0.717) is 25.8 Å². The molecule has 1 heterocycles. The minimum absolute atomic E-state index is 0.0275.